The van der Waals surface area contributed by atoms with E-state index in [1.807, 2.05) is 34.9 Å². The lowest BCUT2D eigenvalue weighted by Gasteiger charge is -2.12. The second-order valence-electron chi connectivity index (χ2n) is 7.61. The van der Waals surface area contributed by atoms with E-state index in [1.165, 1.54) is 23.9 Å². The predicted octanol–water partition coefficient (Wildman–Crippen LogP) is 4.66. The maximum Gasteiger partial charge on any atom is 0.235 e. The van der Waals surface area contributed by atoms with Gasteiger partial charge in [0.25, 0.3) is 0 Å². The van der Waals surface area contributed by atoms with E-state index in [4.69, 9.17) is 0 Å². The quantitative estimate of drug-likeness (QED) is 0.395. The summed E-state index contributed by atoms with van der Waals surface area (Å²) in [6.07, 6.45) is 1.67. The first-order valence-corrected chi connectivity index (χ1v) is 11.2. The average molecular weight is 451 g/mol. The predicted molar refractivity (Wildman–Crippen MR) is 123 cm³/mol. The van der Waals surface area contributed by atoms with Crippen LogP contribution in [0.2, 0.25) is 0 Å². The molecule has 0 bridgehead atoms. The van der Waals surface area contributed by atoms with Crippen LogP contribution >= 0.6 is 11.8 Å². The van der Waals surface area contributed by atoms with E-state index in [9.17, 15) is 9.18 Å². The number of halogens is 1. The van der Waals surface area contributed by atoms with Crippen molar-refractivity contribution in [2.75, 3.05) is 11.1 Å². The number of aromatic nitrogens is 5. The molecule has 0 atom stereocenters. The van der Waals surface area contributed by atoms with Crippen molar-refractivity contribution >= 4 is 23.5 Å². The molecule has 0 aliphatic heterocycles. The van der Waals surface area contributed by atoms with Gasteiger partial charge in [0.2, 0.25) is 5.91 Å². The molecule has 0 unspecified atom stereocenters. The summed E-state index contributed by atoms with van der Waals surface area (Å²) < 4.78 is 17.1. The SMILES string of the molecule is CC(C)Cn1nccc1NC(=O)CSc1nnc(-c2ccc(F)cc2)n1-c1ccccc1. The molecule has 0 aliphatic rings. The minimum absolute atomic E-state index is 0.154. The third-order valence-electron chi connectivity index (χ3n) is 4.60. The monoisotopic (exact) mass is 450 g/mol. The van der Waals surface area contributed by atoms with Gasteiger partial charge in [0.05, 0.1) is 11.9 Å². The molecule has 1 amide bonds. The number of carbonyl (C=O) groups excluding carboxylic acids is 1. The van der Waals surface area contributed by atoms with Crippen LogP contribution in [0.1, 0.15) is 13.8 Å². The molecule has 0 fully saturated rings. The van der Waals surface area contributed by atoms with Crippen molar-refractivity contribution in [1.82, 2.24) is 24.5 Å². The van der Waals surface area contributed by atoms with Crippen molar-refractivity contribution in [2.45, 2.75) is 25.5 Å². The first-order valence-electron chi connectivity index (χ1n) is 10.2. The van der Waals surface area contributed by atoms with Gasteiger partial charge < -0.3 is 5.32 Å². The molecular weight excluding hydrogens is 427 g/mol. The Morgan fingerprint density at radius 3 is 2.53 bits per heavy atom. The van der Waals surface area contributed by atoms with E-state index >= 15 is 0 Å². The highest BCUT2D eigenvalue weighted by atomic mass is 32.2. The van der Waals surface area contributed by atoms with E-state index < -0.39 is 0 Å². The second kappa shape index (κ2) is 9.78. The Balaban J connectivity index is 1.54. The summed E-state index contributed by atoms with van der Waals surface area (Å²) in [7, 11) is 0. The molecule has 7 nitrogen and oxygen atoms in total. The molecule has 0 radical (unpaired) electrons. The number of amides is 1. The van der Waals surface area contributed by atoms with Crippen molar-refractivity contribution in [3.8, 4) is 17.1 Å². The van der Waals surface area contributed by atoms with Crippen LogP contribution in [0.15, 0.2) is 72.0 Å². The number of benzene rings is 2. The van der Waals surface area contributed by atoms with Crippen LogP contribution in [-0.2, 0) is 11.3 Å². The summed E-state index contributed by atoms with van der Waals surface area (Å²) in [4.78, 5) is 12.6. The molecule has 4 aromatic rings. The molecule has 0 aliphatic carbocycles. The standard InChI is InChI=1S/C23H23FN6OS/c1-16(2)14-29-20(12-13-25-29)26-21(31)15-32-23-28-27-22(17-8-10-18(24)11-9-17)30(23)19-6-4-3-5-7-19/h3-13,16H,14-15H2,1-2H3,(H,26,31). The molecule has 0 saturated heterocycles. The van der Waals surface area contributed by atoms with Crippen LogP contribution in [0, 0.1) is 11.7 Å². The van der Waals surface area contributed by atoms with Crippen LogP contribution in [0.25, 0.3) is 17.1 Å². The molecule has 164 valence electrons. The zero-order valence-electron chi connectivity index (χ0n) is 17.8. The third kappa shape index (κ3) is 5.05. The topological polar surface area (TPSA) is 77.6 Å². The number of para-hydroxylation sites is 1. The lowest BCUT2D eigenvalue weighted by Crippen LogP contribution is -2.19. The van der Waals surface area contributed by atoms with Gasteiger partial charge >= 0.3 is 0 Å². The number of nitrogens with one attached hydrogen (secondary N) is 1. The molecule has 0 spiro atoms. The first kappa shape index (κ1) is 21.8. The van der Waals surface area contributed by atoms with Crippen LogP contribution in [0.5, 0.6) is 0 Å². The first-order chi connectivity index (χ1) is 15.5. The molecule has 9 heteroatoms. The lowest BCUT2D eigenvalue weighted by molar-refractivity contribution is -0.113. The van der Waals surface area contributed by atoms with Gasteiger partial charge in [-0.2, -0.15) is 5.10 Å². The van der Waals surface area contributed by atoms with E-state index in [0.717, 1.165) is 17.8 Å². The number of thioether (sulfide) groups is 1. The minimum atomic E-state index is -0.317. The largest absolute Gasteiger partial charge is 0.310 e. The summed E-state index contributed by atoms with van der Waals surface area (Å²) in [5, 5.41) is 16.4. The summed E-state index contributed by atoms with van der Waals surface area (Å²) in [6, 6.07) is 17.5. The van der Waals surface area contributed by atoms with E-state index in [0.29, 0.717) is 22.7 Å². The molecule has 32 heavy (non-hydrogen) atoms. The molecule has 2 aromatic carbocycles. The van der Waals surface area contributed by atoms with E-state index in [-0.39, 0.29) is 17.5 Å². The molecule has 4 rings (SSSR count). The normalized spacial score (nSPS) is 11.1. The Kier molecular flexibility index (Phi) is 6.65. The number of hydrogen-bond acceptors (Lipinski definition) is 5. The lowest BCUT2D eigenvalue weighted by atomic mass is 10.2. The summed E-state index contributed by atoms with van der Waals surface area (Å²) >= 11 is 1.28. The van der Waals surface area contributed by atoms with Gasteiger partial charge in [0.15, 0.2) is 11.0 Å². The number of carbonyl (C=O) groups is 1. The molecule has 1 N–H and O–H groups in total. The van der Waals surface area contributed by atoms with Crippen LogP contribution in [-0.4, -0.2) is 36.2 Å². The average Bonchev–Trinajstić information content (AvgIpc) is 3.40. The number of rotatable bonds is 8. The van der Waals surface area contributed by atoms with Crippen LogP contribution in [0.3, 0.4) is 0 Å². The highest BCUT2D eigenvalue weighted by Gasteiger charge is 2.18. The van der Waals surface area contributed by atoms with Gasteiger partial charge in [0, 0.05) is 23.9 Å². The maximum absolute atomic E-state index is 13.4. The van der Waals surface area contributed by atoms with Crippen molar-refractivity contribution in [3.63, 3.8) is 0 Å². The third-order valence-corrected chi connectivity index (χ3v) is 5.53. The molecular formula is C23H23FN6OS. The minimum Gasteiger partial charge on any atom is -0.310 e. The number of hydrogen-bond donors (Lipinski definition) is 1. The van der Waals surface area contributed by atoms with Gasteiger partial charge in [-0.05, 0) is 42.3 Å². The summed E-state index contributed by atoms with van der Waals surface area (Å²) in [5.41, 5.74) is 1.59. The highest BCUT2D eigenvalue weighted by Crippen LogP contribution is 2.28. The zero-order valence-corrected chi connectivity index (χ0v) is 18.6. The van der Waals surface area contributed by atoms with Crippen LogP contribution in [0.4, 0.5) is 10.2 Å². The van der Waals surface area contributed by atoms with Gasteiger partial charge in [0.1, 0.15) is 11.6 Å². The Hall–Kier alpha value is -3.46. The van der Waals surface area contributed by atoms with Gasteiger partial charge in [-0.25, -0.2) is 9.07 Å². The van der Waals surface area contributed by atoms with E-state index in [1.54, 1.807) is 29.1 Å². The Labute approximate surface area is 189 Å². The fourth-order valence-corrected chi connectivity index (χ4v) is 3.95. The number of nitrogens with zero attached hydrogens (tertiary/aromatic N) is 5. The highest BCUT2D eigenvalue weighted by molar-refractivity contribution is 7.99. The van der Waals surface area contributed by atoms with Gasteiger partial charge in [-0.3, -0.25) is 9.36 Å². The number of anilines is 1. The Morgan fingerprint density at radius 2 is 1.81 bits per heavy atom. The van der Waals surface area contributed by atoms with Crippen molar-refractivity contribution in [3.05, 3.63) is 72.7 Å². The molecule has 0 saturated carbocycles. The molecule has 2 heterocycles. The van der Waals surface area contributed by atoms with Crippen molar-refractivity contribution < 1.29 is 9.18 Å². The summed E-state index contributed by atoms with van der Waals surface area (Å²) in [6.45, 7) is 4.91. The van der Waals surface area contributed by atoms with Crippen molar-refractivity contribution in [1.29, 1.82) is 0 Å². The van der Waals surface area contributed by atoms with Gasteiger partial charge in [-0.1, -0.05) is 43.8 Å². The van der Waals surface area contributed by atoms with E-state index in [2.05, 4.69) is 34.5 Å². The Bertz CT molecular complexity index is 1190. The Morgan fingerprint density at radius 1 is 1.06 bits per heavy atom. The van der Waals surface area contributed by atoms with Crippen LogP contribution < -0.4 is 5.32 Å². The fraction of sp³-hybridized carbons (Fsp3) is 0.217. The maximum atomic E-state index is 13.4. The second-order valence-corrected chi connectivity index (χ2v) is 8.56. The van der Waals surface area contributed by atoms with Crippen molar-refractivity contribution in [2.24, 2.45) is 5.92 Å². The fourth-order valence-electron chi connectivity index (χ4n) is 3.20. The molecule has 2 aromatic heterocycles. The smallest absolute Gasteiger partial charge is 0.235 e. The zero-order chi connectivity index (χ0) is 22.5. The van der Waals surface area contributed by atoms with Gasteiger partial charge in [-0.15, -0.1) is 10.2 Å². The summed E-state index contributed by atoms with van der Waals surface area (Å²) in [5.74, 6) is 1.33.